The maximum atomic E-state index is 4.29. The third-order valence-electron chi connectivity index (χ3n) is 2.52. The monoisotopic (exact) mass is 242 g/mol. The average Bonchev–Trinajstić information content (AvgIpc) is 2.90. The van der Waals surface area contributed by atoms with Gasteiger partial charge in [0.1, 0.15) is 6.34 Å². The van der Waals surface area contributed by atoms with Crippen LogP contribution in [0.1, 0.15) is 0 Å². The Bertz CT molecular complexity index is 515. The summed E-state index contributed by atoms with van der Waals surface area (Å²) < 4.78 is 0. The molecule has 5 nitrogen and oxygen atoms in total. The Kier molecular flexibility index (Phi) is 3.45. The maximum absolute atomic E-state index is 4.29. The fourth-order valence-corrected chi connectivity index (χ4v) is 1.74. The van der Waals surface area contributed by atoms with Gasteiger partial charge in [0.15, 0.2) is 0 Å². The molecular weight excluding hydrogens is 228 g/mol. The van der Waals surface area contributed by atoms with Crippen LogP contribution in [0.2, 0.25) is 0 Å². The Labute approximate surface area is 105 Å². The number of nitrogens with one attached hydrogen (secondary N) is 1. The lowest BCUT2D eigenvalue weighted by Crippen LogP contribution is -2.42. The van der Waals surface area contributed by atoms with Gasteiger partial charge in [-0.15, -0.1) is 5.10 Å². The van der Waals surface area contributed by atoms with Crippen molar-refractivity contribution < 1.29 is 5.48 Å². The molecule has 0 saturated heterocycles. The van der Waals surface area contributed by atoms with Crippen LogP contribution in [0.3, 0.4) is 0 Å². The number of rotatable bonds is 2. The zero-order chi connectivity index (χ0) is 11.5. The Morgan fingerprint density at radius 3 is 1.94 bits per heavy atom. The van der Waals surface area contributed by atoms with E-state index < -0.39 is 0 Å². The second-order valence-electron chi connectivity index (χ2n) is 3.65. The van der Waals surface area contributed by atoms with Crippen molar-refractivity contribution >= 4 is 17.7 Å². The highest BCUT2D eigenvalue weighted by atomic mass is 16.0. The summed E-state index contributed by atoms with van der Waals surface area (Å²) in [5, 5.41) is 7.99. The second kappa shape index (κ2) is 5.20. The van der Waals surface area contributed by atoms with Crippen LogP contribution < -0.4 is 15.7 Å². The van der Waals surface area contributed by atoms with Gasteiger partial charge >= 0.3 is 0 Å². The van der Waals surface area contributed by atoms with E-state index in [-0.39, 0.29) is 5.48 Å². The van der Waals surface area contributed by atoms with Gasteiger partial charge in [-0.25, -0.2) is 0 Å². The van der Waals surface area contributed by atoms with Crippen molar-refractivity contribution in [2.24, 2.45) is 5.10 Å². The highest BCUT2D eigenvalue weighted by Crippen LogP contribution is 2.22. The summed E-state index contributed by atoms with van der Waals surface area (Å²) >= 11 is 0. The normalized spacial score (nSPS) is 13.1. The van der Waals surface area contributed by atoms with Gasteiger partial charge in [-0.3, -0.25) is 5.43 Å². The molecular formula is C13H14N4O. The first-order valence-corrected chi connectivity index (χ1v) is 5.44. The molecule has 0 radical (unpaired) electrons. The average molecular weight is 242 g/mol. The molecule has 0 aliphatic carbocycles. The zero-order valence-electron chi connectivity index (χ0n) is 9.69. The van der Waals surface area contributed by atoms with E-state index in [1.807, 2.05) is 70.9 Å². The number of hydrazone groups is 1. The summed E-state index contributed by atoms with van der Waals surface area (Å²) in [7, 11) is 0. The highest BCUT2D eigenvalue weighted by molar-refractivity contribution is 5.70. The zero-order valence-corrected chi connectivity index (χ0v) is 9.69. The molecule has 3 rings (SSSR count). The molecule has 1 heterocycles. The summed E-state index contributed by atoms with van der Waals surface area (Å²) in [6.45, 7) is 0. The lowest BCUT2D eigenvalue weighted by Gasteiger charge is -2.27. The predicted molar refractivity (Wildman–Crippen MR) is 73.1 cm³/mol. The van der Waals surface area contributed by atoms with Crippen molar-refractivity contribution in [1.82, 2.24) is 5.43 Å². The van der Waals surface area contributed by atoms with Crippen molar-refractivity contribution in [3.63, 3.8) is 0 Å². The first kappa shape index (κ1) is 11.9. The van der Waals surface area contributed by atoms with Crippen LogP contribution in [0.4, 0.5) is 11.4 Å². The Hall–Kier alpha value is -2.53. The van der Waals surface area contributed by atoms with Crippen molar-refractivity contribution in [3.05, 3.63) is 60.7 Å². The van der Waals surface area contributed by atoms with Crippen LogP contribution in [-0.4, -0.2) is 11.8 Å². The van der Waals surface area contributed by atoms with E-state index in [9.17, 15) is 0 Å². The molecule has 18 heavy (non-hydrogen) atoms. The first-order chi connectivity index (χ1) is 8.45. The third-order valence-corrected chi connectivity index (χ3v) is 2.52. The number of hydrazine groups is 2. The van der Waals surface area contributed by atoms with Crippen LogP contribution in [0, 0.1) is 0 Å². The molecule has 0 fully saturated rings. The van der Waals surface area contributed by atoms with E-state index in [0.717, 1.165) is 11.4 Å². The quantitative estimate of drug-likeness (QED) is 0.869. The molecule has 0 aromatic heterocycles. The molecule has 5 heteroatoms. The fourth-order valence-electron chi connectivity index (χ4n) is 1.74. The molecule has 0 spiro atoms. The van der Waals surface area contributed by atoms with E-state index in [1.54, 1.807) is 6.34 Å². The smallest absolute Gasteiger partial charge is 0.131 e. The summed E-state index contributed by atoms with van der Waals surface area (Å²) in [5.74, 6) is 0. The molecule has 92 valence electrons. The SMILES string of the molecule is C1=NN(c2ccccc2)N(c2ccccc2)N1.O. The van der Waals surface area contributed by atoms with Gasteiger partial charge in [0, 0.05) is 0 Å². The summed E-state index contributed by atoms with van der Waals surface area (Å²) in [5.41, 5.74) is 5.14. The van der Waals surface area contributed by atoms with Crippen molar-refractivity contribution in [3.8, 4) is 0 Å². The van der Waals surface area contributed by atoms with Gasteiger partial charge in [-0.2, -0.15) is 10.2 Å². The van der Waals surface area contributed by atoms with E-state index in [1.165, 1.54) is 0 Å². The van der Waals surface area contributed by atoms with Crippen LogP contribution in [0.15, 0.2) is 65.8 Å². The minimum Gasteiger partial charge on any atom is -0.412 e. The number of hydrogen-bond acceptors (Lipinski definition) is 4. The summed E-state index contributed by atoms with van der Waals surface area (Å²) in [6, 6.07) is 20.0. The van der Waals surface area contributed by atoms with Crippen molar-refractivity contribution in [2.75, 3.05) is 10.2 Å². The van der Waals surface area contributed by atoms with E-state index in [4.69, 9.17) is 0 Å². The minimum atomic E-state index is 0. The van der Waals surface area contributed by atoms with Gasteiger partial charge in [0.05, 0.1) is 11.4 Å². The molecule has 3 N–H and O–H groups in total. The molecule has 0 atom stereocenters. The van der Waals surface area contributed by atoms with Crippen LogP contribution >= 0.6 is 0 Å². The van der Waals surface area contributed by atoms with Crippen molar-refractivity contribution in [2.45, 2.75) is 0 Å². The molecule has 0 unspecified atom stereocenters. The predicted octanol–water partition coefficient (Wildman–Crippen LogP) is 1.55. The third kappa shape index (κ3) is 2.11. The lowest BCUT2D eigenvalue weighted by molar-refractivity contribution is 0.773. The topological polar surface area (TPSA) is 62.4 Å². The highest BCUT2D eigenvalue weighted by Gasteiger charge is 2.19. The van der Waals surface area contributed by atoms with E-state index >= 15 is 0 Å². The Balaban J connectivity index is 0.00000120. The lowest BCUT2D eigenvalue weighted by atomic mass is 10.3. The summed E-state index contributed by atoms with van der Waals surface area (Å²) in [6.07, 6.45) is 1.67. The number of para-hydroxylation sites is 2. The van der Waals surface area contributed by atoms with E-state index in [0.29, 0.717) is 0 Å². The first-order valence-electron chi connectivity index (χ1n) is 5.44. The van der Waals surface area contributed by atoms with Gasteiger partial charge in [0.2, 0.25) is 0 Å². The van der Waals surface area contributed by atoms with Crippen LogP contribution in [0.25, 0.3) is 0 Å². The number of nitrogens with zero attached hydrogens (tertiary/aromatic N) is 3. The maximum Gasteiger partial charge on any atom is 0.131 e. The van der Waals surface area contributed by atoms with Gasteiger partial charge in [-0.05, 0) is 24.3 Å². The van der Waals surface area contributed by atoms with E-state index in [2.05, 4.69) is 10.5 Å². The van der Waals surface area contributed by atoms with Crippen LogP contribution in [0.5, 0.6) is 0 Å². The Morgan fingerprint density at radius 2 is 1.33 bits per heavy atom. The number of anilines is 2. The second-order valence-corrected chi connectivity index (χ2v) is 3.65. The molecule has 1 aliphatic rings. The summed E-state index contributed by atoms with van der Waals surface area (Å²) in [4.78, 5) is 0. The molecule has 0 amide bonds. The van der Waals surface area contributed by atoms with Crippen LogP contribution in [-0.2, 0) is 0 Å². The number of hydrogen-bond donors (Lipinski definition) is 1. The van der Waals surface area contributed by atoms with Gasteiger partial charge in [-0.1, -0.05) is 36.4 Å². The molecule has 2 aromatic carbocycles. The van der Waals surface area contributed by atoms with Gasteiger partial charge < -0.3 is 5.48 Å². The largest absolute Gasteiger partial charge is 0.412 e. The van der Waals surface area contributed by atoms with Gasteiger partial charge in [0.25, 0.3) is 0 Å². The standard InChI is InChI=1S/C13H12N4.H2O/c1-3-7-12(8-4-1)16-14-11-15-17(16)13-9-5-2-6-10-13;/h1-11H,(H,14,15);1H2. The van der Waals surface area contributed by atoms with Crippen molar-refractivity contribution in [1.29, 1.82) is 0 Å². The fraction of sp³-hybridized carbons (Fsp3) is 0. The molecule has 2 aromatic rings. The minimum absolute atomic E-state index is 0. The molecule has 0 bridgehead atoms. The number of benzene rings is 2. The molecule has 1 aliphatic heterocycles. The Morgan fingerprint density at radius 1 is 0.778 bits per heavy atom. The molecule has 0 saturated carbocycles.